The average Bonchev–Trinajstić information content (AvgIpc) is 2.87. The minimum atomic E-state index is -0.920. The van der Waals surface area contributed by atoms with Gasteiger partial charge in [0.2, 0.25) is 0 Å². The molecule has 2 fully saturated rings. The van der Waals surface area contributed by atoms with Gasteiger partial charge in [0.05, 0.1) is 0 Å². The van der Waals surface area contributed by atoms with E-state index in [9.17, 15) is 19.8 Å². The molecular formula is C16H19NO4. The molecule has 2 N–H and O–H groups in total. The van der Waals surface area contributed by atoms with Gasteiger partial charge in [0.25, 0.3) is 5.91 Å². The molecule has 0 radical (unpaired) electrons. The fourth-order valence-corrected chi connectivity index (χ4v) is 3.73. The van der Waals surface area contributed by atoms with Crippen molar-refractivity contribution in [2.24, 2.45) is 5.92 Å². The van der Waals surface area contributed by atoms with Crippen LogP contribution in [0.4, 0.5) is 0 Å². The Morgan fingerprint density at radius 3 is 2.43 bits per heavy atom. The van der Waals surface area contributed by atoms with Crippen molar-refractivity contribution in [3.63, 3.8) is 0 Å². The number of phenolic OH excluding ortho intramolecular Hbond substituents is 1. The second-order valence-electron chi connectivity index (χ2n) is 5.96. The number of hydrogen-bond donors (Lipinski definition) is 2. The van der Waals surface area contributed by atoms with Crippen LogP contribution >= 0.6 is 0 Å². The van der Waals surface area contributed by atoms with Crippen molar-refractivity contribution in [3.05, 3.63) is 29.8 Å². The lowest BCUT2D eigenvalue weighted by molar-refractivity contribution is -0.141. The van der Waals surface area contributed by atoms with Crippen LogP contribution in [0.5, 0.6) is 5.75 Å². The lowest BCUT2D eigenvalue weighted by Crippen LogP contribution is -2.46. The third-order valence-electron chi connectivity index (χ3n) is 4.72. The molecule has 0 spiro atoms. The number of hydrogen-bond acceptors (Lipinski definition) is 3. The van der Waals surface area contributed by atoms with Crippen LogP contribution in [-0.4, -0.2) is 39.1 Å². The second-order valence-corrected chi connectivity index (χ2v) is 5.96. The van der Waals surface area contributed by atoms with E-state index in [2.05, 4.69) is 0 Å². The SMILES string of the molecule is O=C(O)C1CC2CCCCC2N1C(=O)c1ccc(O)cc1. The van der Waals surface area contributed by atoms with E-state index in [1.54, 1.807) is 17.0 Å². The molecule has 2 aliphatic rings. The smallest absolute Gasteiger partial charge is 0.326 e. The third-order valence-corrected chi connectivity index (χ3v) is 4.72. The van der Waals surface area contributed by atoms with E-state index in [4.69, 9.17) is 0 Å². The highest BCUT2D eigenvalue weighted by atomic mass is 16.4. The number of carbonyl (C=O) groups is 2. The van der Waals surface area contributed by atoms with Crippen molar-refractivity contribution < 1.29 is 19.8 Å². The molecule has 1 amide bonds. The van der Waals surface area contributed by atoms with E-state index in [-0.39, 0.29) is 17.7 Å². The lowest BCUT2D eigenvalue weighted by Gasteiger charge is -2.33. The van der Waals surface area contributed by atoms with Gasteiger partial charge in [-0.15, -0.1) is 0 Å². The first-order valence-corrected chi connectivity index (χ1v) is 7.42. The van der Waals surface area contributed by atoms with Crippen molar-refractivity contribution in [2.75, 3.05) is 0 Å². The van der Waals surface area contributed by atoms with Crippen LogP contribution in [0, 0.1) is 5.92 Å². The first-order chi connectivity index (χ1) is 10.1. The van der Waals surface area contributed by atoms with Gasteiger partial charge in [0.1, 0.15) is 11.8 Å². The normalized spacial score (nSPS) is 28.2. The number of fused-ring (bicyclic) bond motifs is 1. The molecule has 112 valence electrons. The average molecular weight is 289 g/mol. The number of aliphatic carboxylic acids is 1. The summed E-state index contributed by atoms with van der Waals surface area (Å²) in [6.07, 6.45) is 4.62. The number of amides is 1. The summed E-state index contributed by atoms with van der Waals surface area (Å²) in [6, 6.07) is 5.33. The molecule has 1 saturated heterocycles. The molecule has 5 heteroatoms. The second kappa shape index (κ2) is 5.39. The lowest BCUT2D eigenvalue weighted by atomic mass is 9.84. The maximum atomic E-state index is 12.7. The molecule has 1 aliphatic heterocycles. The number of carbonyl (C=O) groups excluding carboxylic acids is 1. The molecule has 3 unspecified atom stereocenters. The van der Waals surface area contributed by atoms with Gasteiger partial charge in [0.15, 0.2) is 0 Å². The zero-order chi connectivity index (χ0) is 15.0. The number of nitrogens with zero attached hydrogens (tertiary/aromatic N) is 1. The molecule has 0 bridgehead atoms. The molecule has 1 aromatic carbocycles. The number of rotatable bonds is 2. The van der Waals surface area contributed by atoms with E-state index in [1.165, 1.54) is 12.1 Å². The summed E-state index contributed by atoms with van der Waals surface area (Å²) in [5.74, 6) is -0.757. The van der Waals surface area contributed by atoms with Crippen LogP contribution in [0.25, 0.3) is 0 Å². The third kappa shape index (κ3) is 2.48. The summed E-state index contributed by atoms with van der Waals surface area (Å²) in [5.41, 5.74) is 0.435. The maximum Gasteiger partial charge on any atom is 0.326 e. The van der Waals surface area contributed by atoms with Gasteiger partial charge in [-0.1, -0.05) is 12.8 Å². The van der Waals surface area contributed by atoms with Crippen LogP contribution in [-0.2, 0) is 4.79 Å². The van der Waals surface area contributed by atoms with E-state index >= 15 is 0 Å². The Hall–Kier alpha value is -2.04. The number of likely N-dealkylation sites (tertiary alicyclic amines) is 1. The Morgan fingerprint density at radius 2 is 1.76 bits per heavy atom. The number of aromatic hydroxyl groups is 1. The van der Waals surface area contributed by atoms with Gasteiger partial charge < -0.3 is 15.1 Å². The van der Waals surface area contributed by atoms with E-state index in [1.807, 2.05) is 0 Å². The Bertz CT molecular complexity index is 554. The van der Waals surface area contributed by atoms with Gasteiger partial charge in [0, 0.05) is 11.6 Å². The standard InChI is InChI=1S/C16H19NO4/c18-12-7-5-10(6-8-12)15(19)17-13-4-2-1-3-11(13)9-14(17)16(20)21/h5-8,11,13-14,18H,1-4,9H2,(H,20,21). The minimum absolute atomic E-state index is 0.0427. The van der Waals surface area contributed by atoms with E-state index in [0.29, 0.717) is 17.9 Å². The van der Waals surface area contributed by atoms with Gasteiger partial charge in [-0.05, 0) is 49.4 Å². The number of benzene rings is 1. The van der Waals surface area contributed by atoms with Crippen molar-refractivity contribution in [1.82, 2.24) is 4.90 Å². The zero-order valence-corrected chi connectivity index (χ0v) is 11.7. The number of carboxylic acid groups (broad SMARTS) is 1. The summed E-state index contributed by atoms with van der Waals surface area (Å²) in [7, 11) is 0. The molecule has 1 heterocycles. The monoisotopic (exact) mass is 289 g/mol. The van der Waals surface area contributed by atoms with E-state index in [0.717, 1.165) is 25.7 Å². The van der Waals surface area contributed by atoms with Crippen LogP contribution in [0.1, 0.15) is 42.5 Å². The van der Waals surface area contributed by atoms with Crippen molar-refractivity contribution in [3.8, 4) is 5.75 Å². The van der Waals surface area contributed by atoms with Crippen LogP contribution in [0.15, 0.2) is 24.3 Å². The number of phenols is 1. The Labute approximate surface area is 123 Å². The van der Waals surface area contributed by atoms with Gasteiger partial charge in [-0.2, -0.15) is 0 Å². The topological polar surface area (TPSA) is 77.8 Å². The molecule has 3 rings (SSSR count). The summed E-state index contributed by atoms with van der Waals surface area (Å²) < 4.78 is 0. The molecule has 21 heavy (non-hydrogen) atoms. The Kier molecular flexibility index (Phi) is 3.57. The van der Waals surface area contributed by atoms with E-state index < -0.39 is 12.0 Å². The molecule has 5 nitrogen and oxygen atoms in total. The highest BCUT2D eigenvalue weighted by Crippen LogP contribution is 2.40. The fraction of sp³-hybridized carbons (Fsp3) is 0.500. The highest BCUT2D eigenvalue weighted by molar-refractivity contribution is 5.97. The predicted octanol–water partition coefficient (Wildman–Crippen LogP) is 2.25. The molecule has 1 aliphatic carbocycles. The summed E-state index contributed by atoms with van der Waals surface area (Å²) in [4.78, 5) is 25.8. The molecule has 1 saturated carbocycles. The summed E-state index contributed by atoms with van der Waals surface area (Å²) >= 11 is 0. The first kappa shape index (κ1) is 13.9. The summed E-state index contributed by atoms with van der Waals surface area (Å²) in [6.45, 7) is 0. The van der Waals surface area contributed by atoms with Crippen LogP contribution in [0.2, 0.25) is 0 Å². The van der Waals surface area contributed by atoms with Crippen molar-refractivity contribution in [1.29, 1.82) is 0 Å². The van der Waals surface area contributed by atoms with Crippen molar-refractivity contribution in [2.45, 2.75) is 44.2 Å². The molecular weight excluding hydrogens is 270 g/mol. The fourth-order valence-electron chi connectivity index (χ4n) is 3.73. The highest BCUT2D eigenvalue weighted by Gasteiger charge is 2.47. The molecule has 0 aromatic heterocycles. The molecule has 3 atom stereocenters. The predicted molar refractivity (Wildman–Crippen MR) is 76.1 cm³/mol. The summed E-state index contributed by atoms with van der Waals surface area (Å²) in [5, 5.41) is 18.7. The Balaban J connectivity index is 1.90. The maximum absolute atomic E-state index is 12.7. The minimum Gasteiger partial charge on any atom is -0.508 e. The largest absolute Gasteiger partial charge is 0.508 e. The molecule has 1 aromatic rings. The van der Waals surface area contributed by atoms with Gasteiger partial charge in [-0.3, -0.25) is 4.79 Å². The van der Waals surface area contributed by atoms with Crippen molar-refractivity contribution >= 4 is 11.9 Å². The van der Waals surface area contributed by atoms with Crippen LogP contribution < -0.4 is 0 Å². The number of carboxylic acids is 1. The van der Waals surface area contributed by atoms with Gasteiger partial charge in [-0.25, -0.2) is 4.79 Å². The van der Waals surface area contributed by atoms with Gasteiger partial charge >= 0.3 is 5.97 Å². The Morgan fingerprint density at radius 1 is 1.10 bits per heavy atom. The zero-order valence-electron chi connectivity index (χ0n) is 11.7. The first-order valence-electron chi connectivity index (χ1n) is 7.42. The van der Waals surface area contributed by atoms with Crippen LogP contribution in [0.3, 0.4) is 0 Å². The quantitative estimate of drug-likeness (QED) is 0.875.